The Bertz CT molecular complexity index is 1200. The first-order valence-electron chi connectivity index (χ1n) is 8.65. The van der Waals surface area contributed by atoms with E-state index in [0.717, 1.165) is 9.87 Å². The summed E-state index contributed by atoms with van der Waals surface area (Å²) in [6.45, 7) is 1.85. The lowest BCUT2D eigenvalue weighted by atomic mass is 9.98. The van der Waals surface area contributed by atoms with E-state index < -0.39 is 16.0 Å². The molecule has 3 aromatic rings. The van der Waals surface area contributed by atoms with Crippen LogP contribution in [-0.4, -0.2) is 19.5 Å². The van der Waals surface area contributed by atoms with E-state index in [-0.39, 0.29) is 16.2 Å². The molecule has 5 nitrogen and oxygen atoms in total. The fraction of sp³-hybridized carbons (Fsp3) is 0.0455. The van der Waals surface area contributed by atoms with Crippen molar-refractivity contribution in [3.63, 3.8) is 0 Å². The smallest absolute Gasteiger partial charge is 0.338 e. The van der Waals surface area contributed by atoms with Gasteiger partial charge in [-0.15, -0.1) is 0 Å². The first-order chi connectivity index (χ1) is 13.4. The van der Waals surface area contributed by atoms with Crippen LogP contribution in [-0.2, 0) is 14.8 Å². The van der Waals surface area contributed by atoms with E-state index >= 15 is 0 Å². The number of carboxylic acid groups (broad SMARTS) is 1. The molecular formula is C22H17NO4S. The third kappa shape index (κ3) is 2.78. The maximum absolute atomic E-state index is 13.4. The number of anilines is 1. The number of benzene rings is 3. The number of carbonyl (C=O) groups is 1. The maximum Gasteiger partial charge on any atom is 0.338 e. The molecule has 140 valence electrons. The summed E-state index contributed by atoms with van der Waals surface area (Å²) >= 11 is 0. The summed E-state index contributed by atoms with van der Waals surface area (Å²) in [5.74, 6) is -1.19. The highest BCUT2D eigenvalue weighted by molar-refractivity contribution is 7.93. The van der Waals surface area contributed by atoms with Gasteiger partial charge in [0.25, 0.3) is 10.0 Å². The van der Waals surface area contributed by atoms with Crippen molar-refractivity contribution < 1.29 is 18.3 Å². The summed E-state index contributed by atoms with van der Waals surface area (Å²) in [5.41, 5.74) is 2.17. The number of para-hydroxylation sites is 1. The Kier molecular flexibility index (Phi) is 4.28. The molecule has 0 bridgehead atoms. The van der Waals surface area contributed by atoms with Crippen LogP contribution in [0.3, 0.4) is 0 Å². The fourth-order valence-corrected chi connectivity index (χ4v) is 5.11. The van der Waals surface area contributed by atoms with Gasteiger partial charge in [0.15, 0.2) is 0 Å². The van der Waals surface area contributed by atoms with Gasteiger partial charge in [0, 0.05) is 5.56 Å². The molecule has 0 amide bonds. The van der Waals surface area contributed by atoms with Gasteiger partial charge in [0.1, 0.15) is 0 Å². The van der Waals surface area contributed by atoms with Crippen LogP contribution in [0.15, 0.2) is 83.8 Å². The molecule has 1 aliphatic heterocycles. The average Bonchev–Trinajstić information content (AvgIpc) is 2.90. The third-order valence-electron chi connectivity index (χ3n) is 4.62. The van der Waals surface area contributed by atoms with Crippen molar-refractivity contribution in [2.45, 2.75) is 11.8 Å². The number of sulfonamides is 1. The van der Waals surface area contributed by atoms with E-state index in [2.05, 4.69) is 0 Å². The predicted octanol–water partition coefficient (Wildman–Crippen LogP) is 4.16. The first-order valence-corrected chi connectivity index (χ1v) is 10.1. The number of aliphatic carboxylic acids is 1. The van der Waals surface area contributed by atoms with E-state index in [1.54, 1.807) is 72.8 Å². The van der Waals surface area contributed by atoms with Gasteiger partial charge in [-0.25, -0.2) is 17.5 Å². The third-order valence-corrected chi connectivity index (χ3v) is 6.40. The molecular weight excluding hydrogens is 374 g/mol. The average molecular weight is 391 g/mol. The number of fused-ring (bicyclic) bond motifs is 1. The van der Waals surface area contributed by atoms with Crippen molar-refractivity contribution >= 4 is 33.0 Å². The maximum atomic E-state index is 13.4. The largest absolute Gasteiger partial charge is 0.478 e. The lowest BCUT2D eigenvalue weighted by molar-refractivity contribution is -0.130. The highest BCUT2D eigenvalue weighted by atomic mass is 32.2. The molecule has 28 heavy (non-hydrogen) atoms. The lowest BCUT2D eigenvalue weighted by Crippen LogP contribution is -2.24. The Morgan fingerprint density at radius 1 is 0.893 bits per heavy atom. The molecule has 0 aliphatic carbocycles. The summed E-state index contributed by atoms with van der Waals surface area (Å²) < 4.78 is 27.9. The van der Waals surface area contributed by atoms with Crippen LogP contribution in [0.2, 0.25) is 0 Å². The molecule has 0 aromatic heterocycles. The molecule has 1 N–H and O–H groups in total. The van der Waals surface area contributed by atoms with Gasteiger partial charge < -0.3 is 5.11 Å². The topological polar surface area (TPSA) is 74.7 Å². The van der Waals surface area contributed by atoms with Crippen LogP contribution < -0.4 is 4.31 Å². The molecule has 0 fully saturated rings. The van der Waals surface area contributed by atoms with Gasteiger partial charge in [0.05, 0.1) is 21.9 Å². The van der Waals surface area contributed by atoms with Gasteiger partial charge >= 0.3 is 5.97 Å². The van der Waals surface area contributed by atoms with Gasteiger partial charge in [-0.3, -0.25) is 0 Å². The van der Waals surface area contributed by atoms with Gasteiger partial charge in [-0.1, -0.05) is 60.2 Å². The van der Waals surface area contributed by atoms with Crippen LogP contribution in [0.4, 0.5) is 5.69 Å². The zero-order valence-electron chi connectivity index (χ0n) is 15.0. The predicted molar refractivity (Wildman–Crippen MR) is 108 cm³/mol. The molecule has 0 unspecified atom stereocenters. The van der Waals surface area contributed by atoms with E-state index in [1.807, 2.05) is 6.92 Å². The van der Waals surface area contributed by atoms with Crippen LogP contribution in [0.5, 0.6) is 0 Å². The minimum atomic E-state index is -3.94. The van der Waals surface area contributed by atoms with Crippen LogP contribution in [0.1, 0.15) is 16.7 Å². The Morgan fingerprint density at radius 2 is 1.50 bits per heavy atom. The second-order valence-corrected chi connectivity index (χ2v) is 8.25. The van der Waals surface area contributed by atoms with E-state index in [9.17, 15) is 18.3 Å². The second-order valence-electron chi connectivity index (χ2n) is 6.50. The minimum absolute atomic E-state index is 0.0580. The second kappa shape index (κ2) is 6.65. The SMILES string of the molecule is Cc1ccc2c(c1)/C(=C(\C(=O)O)c1ccccc1)N(c1ccccc1)S2(=O)=O. The standard InChI is InChI=1S/C22H17NO4S/c1-15-12-13-19-18(14-15)21(20(22(24)25)16-8-4-2-5-9-16)23(28(19,26)27)17-10-6-3-7-11-17/h2-14H,1H3,(H,24,25)/b21-20+. The normalized spacial score (nSPS) is 16.5. The van der Waals surface area contributed by atoms with E-state index in [0.29, 0.717) is 16.8 Å². The van der Waals surface area contributed by atoms with Crippen LogP contribution >= 0.6 is 0 Å². The molecule has 0 spiro atoms. The summed E-state index contributed by atoms with van der Waals surface area (Å²) in [4.78, 5) is 12.4. The van der Waals surface area contributed by atoms with Gasteiger partial charge in [-0.2, -0.15) is 0 Å². The van der Waals surface area contributed by atoms with E-state index in [1.165, 1.54) is 6.07 Å². The van der Waals surface area contributed by atoms with Crippen molar-refractivity contribution in [1.82, 2.24) is 0 Å². The summed E-state index contributed by atoms with van der Waals surface area (Å²) in [7, 11) is -3.94. The molecule has 1 heterocycles. The molecule has 0 radical (unpaired) electrons. The van der Waals surface area contributed by atoms with Crippen molar-refractivity contribution in [2.75, 3.05) is 4.31 Å². The molecule has 0 atom stereocenters. The molecule has 1 aliphatic rings. The molecule has 3 aromatic carbocycles. The van der Waals surface area contributed by atoms with Crippen LogP contribution in [0.25, 0.3) is 11.3 Å². The number of hydrogen-bond donors (Lipinski definition) is 1. The van der Waals surface area contributed by atoms with Crippen molar-refractivity contribution in [1.29, 1.82) is 0 Å². The lowest BCUT2D eigenvalue weighted by Gasteiger charge is -2.21. The summed E-state index contributed by atoms with van der Waals surface area (Å²) in [5, 5.41) is 10.0. The first kappa shape index (κ1) is 18.0. The highest BCUT2D eigenvalue weighted by Gasteiger charge is 2.42. The summed E-state index contributed by atoms with van der Waals surface area (Å²) in [6.07, 6.45) is 0. The Balaban J connectivity index is 2.15. The number of rotatable bonds is 3. The van der Waals surface area contributed by atoms with E-state index in [4.69, 9.17) is 0 Å². The van der Waals surface area contributed by atoms with Crippen LogP contribution in [0, 0.1) is 6.92 Å². The van der Waals surface area contributed by atoms with Crippen molar-refractivity contribution in [3.05, 3.63) is 95.6 Å². The molecule has 4 rings (SSSR count). The minimum Gasteiger partial charge on any atom is -0.478 e. The number of hydrogen-bond acceptors (Lipinski definition) is 3. The quantitative estimate of drug-likeness (QED) is 0.681. The zero-order chi connectivity index (χ0) is 19.9. The van der Waals surface area contributed by atoms with Gasteiger partial charge in [0.2, 0.25) is 0 Å². The number of nitrogens with zero attached hydrogens (tertiary/aromatic N) is 1. The Hall–Kier alpha value is -3.38. The molecule has 6 heteroatoms. The fourth-order valence-electron chi connectivity index (χ4n) is 3.42. The van der Waals surface area contributed by atoms with Crippen molar-refractivity contribution in [3.8, 4) is 0 Å². The monoisotopic (exact) mass is 391 g/mol. The molecule has 0 saturated heterocycles. The zero-order valence-corrected chi connectivity index (χ0v) is 15.8. The Morgan fingerprint density at radius 3 is 2.11 bits per heavy atom. The molecule has 0 saturated carbocycles. The number of aryl methyl sites for hydroxylation is 1. The van der Waals surface area contributed by atoms with Gasteiger partial charge in [-0.05, 0) is 36.8 Å². The Labute approximate surface area is 163 Å². The van der Waals surface area contributed by atoms with Crippen molar-refractivity contribution in [2.24, 2.45) is 0 Å². The summed E-state index contributed by atoms with van der Waals surface area (Å²) in [6, 6.07) is 22.1. The highest BCUT2D eigenvalue weighted by Crippen LogP contribution is 2.45. The number of carboxylic acids is 1.